The largest absolute Gasteiger partial charge is 0.368 e. The van der Waals surface area contributed by atoms with Crippen LogP contribution in [0.25, 0.3) is 0 Å². The second-order valence-electron chi connectivity index (χ2n) is 5.04. The van der Waals surface area contributed by atoms with Crippen molar-refractivity contribution in [1.29, 1.82) is 0 Å². The van der Waals surface area contributed by atoms with Crippen LogP contribution < -0.4 is 11.1 Å². The monoisotopic (exact) mass is 297 g/mol. The maximum Gasteiger partial charge on any atom is 0.126 e. The first-order valence-corrected chi connectivity index (χ1v) is 7.04. The van der Waals surface area contributed by atoms with Crippen molar-refractivity contribution in [1.82, 2.24) is 4.98 Å². The summed E-state index contributed by atoms with van der Waals surface area (Å²) < 4.78 is 1.04. The second kappa shape index (κ2) is 5.36. The van der Waals surface area contributed by atoms with Crippen molar-refractivity contribution < 1.29 is 0 Å². The fraction of sp³-hybridized carbons (Fsp3) is 0.615. The third-order valence-corrected chi connectivity index (χ3v) is 4.33. The molecular formula is C13H20BrN3. The number of nitrogens with one attached hydrogen (secondary N) is 1. The summed E-state index contributed by atoms with van der Waals surface area (Å²) in [6, 6.07) is 4.01. The molecule has 0 unspecified atom stereocenters. The van der Waals surface area contributed by atoms with E-state index in [1.807, 2.05) is 19.1 Å². The molecule has 0 saturated heterocycles. The number of nitrogens with two attached hydrogens (primary N) is 1. The van der Waals surface area contributed by atoms with Crippen molar-refractivity contribution in [2.45, 2.75) is 44.6 Å². The van der Waals surface area contributed by atoms with Gasteiger partial charge in [-0.25, -0.2) is 4.98 Å². The average Bonchev–Trinajstić information content (AvgIpc) is 2.32. The fourth-order valence-corrected chi connectivity index (χ4v) is 2.56. The molecule has 94 valence electrons. The first kappa shape index (κ1) is 12.8. The van der Waals surface area contributed by atoms with Gasteiger partial charge < -0.3 is 11.1 Å². The standard InChI is InChI=1S/C13H20BrN3/c1-10-11(14)5-6-12(17-10)16-9-13(15)7-3-2-4-8-13/h5-6H,2-4,7-9,15H2,1H3,(H,16,17). The lowest BCUT2D eigenvalue weighted by Gasteiger charge is -2.33. The Morgan fingerprint density at radius 3 is 2.71 bits per heavy atom. The van der Waals surface area contributed by atoms with Gasteiger partial charge in [0.15, 0.2) is 0 Å². The van der Waals surface area contributed by atoms with Crippen molar-refractivity contribution in [3.63, 3.8) is 0 Å². The number of hydrogen-bond acceptors (Lipinski definition) is 3. The zero-order valence-corrected chi connectivity index (χ0v) is 11.9. The lowest BCUT2D eigenvalue weighted by molar-refractivity contribution is 0.311. The van der Waals surface area contributed by atoms with Crippen LogP contribution in [0.5, 0.6) is 0 Å². The zero-order valence-electron chi connectivity index (χ0n) is 10.3. The number of halogens is 1. The molecule has 1 aromatic heterocycles. The Hall–Kier alpha value is -0.610. The van der Waals surface area contributed by atoms with Crippen LogP contribution in [0.1, 0.15) is 37.8 Å². The summed E-state index contributed by atoms with van der Waals surface area (Å²) in [5.74, 6) is 0.918. The topological polar surface area (TPSA) is 50.9 Å². The number of pyridine rings is 1. The number of anilines is 1. The maximum absolute atomic E-state index is 6.38. The molecular weight excluding hydrogens is 278 g/mol. The van der Waals surface area contributed by atoms with Crippen molar-refractivity contribution in [3.05, 3.63) is 22.3 Å². The zero-order chi connectivity index (χ0) is 12.3. The molecule has 1 aromatic rings. The summed E-state index contributed by atoms with van der Waals surface area (Å²) in [6.45, 7) is 2.81. The van der Waals surface area contributed by atoms with E-state index in [2.05, 4.69) is 26.2 Å². The summed E-state index contributed by atoms with van der Waals surface area (Å²) in [5.41, 5.74) is 7.34. The van der Waals surface area contributed by atoms with Crippen LogP contribution in [-0.2, 0) is 0 Å². The Morgan fingerprint density at radius 2 is 2.06 bits per heavy atom. The van der Waals surface area contributed by atoms with Gasteiger partial charge >= 0.3 is 0 Å². The smallest absolute Gasteiger partial charge is 0.126 e. The summed E-state index contributed by atoms with van der Waals surface area (Å²) in [4.78, 5) is 4.47. The van der Waals surface area contributed by atoms with E-state index < -0.39 is 0 Å². The molecule has 0 amide bonds. The Balaban J connectivity index is 1.94. The van der Waals surface area contributed by atoms with Gasteiger partial charge in [-0.05, 0) is 47.8 Å². The molecule has 0 spiro atoms. The summed E-state index contributed by atoms with van der Waals surface area (Å²) in [7, 11) is 0. The molecule has 1 fully saturated rings. The maximum atomic E-state index is 6.38. The third kappa shape index (κ3) is 3.42. The minimum Gasteiger partial charge on any atom is -0.368 e. The first-order valence-electron chi connectivity index (χ1n) is 6.25. The summed E-state index contributed by atoms with van der Waals surface area (Å²) in [6.07, 6.45) is 6.08. The Bertz CT molecular complexity index is 386. The van der Waals surface area contributed by atoms with E-state index in [-0.39, 0.29) is 5.54 Å². The molecule has 4 heteroatoms. The number of rotatable bonds is 3. The molecule has 0 aliphatic heterocycles. The predicted molar refractivity (Wildman–Crippen MR) is 75.2 cm³/mol. The van der Waals surface area contributed by atoms with Gasteiger partial charge in [-0.15, -0.1) is 0 Å². The van der Waals surface area contributed by atoms with Gasteiger partial charge in [0, 0.05) is 16.6 Å². The molecule has 1 saturated carbocycles. The lowest BCUT2D eigenvalue weighted by atomic mass is 9.82. The van der Waals surface area contributed by atoms with Gasteiger partial charge in [-0.1, -0.05) is 19.3 Å². The average molecular weight is 298 g/mol. The molecule has 1 aliphatic rings. The van der Waals surface area contributed by atoms with Crippen molar-refractivity contribution in [2.75, 3.05) is 11.9 Å². The third-order valence-electron chi connectivity index (χ3n) is 3.49. The first-order chi connectivity index (χ1) is 8.09. The number of aryl methyl sites for hydroxylation is 1. The highest BCUT2D eigenvalue weighted by Gasteiger charge is 2.26. The van der Waals surface area contributed by atoms with Crippen LogP contribution >= 0.6 is 15.9 Å². The molecule has 0 aromatic carbocycles. The van der Waals surface area contributed by atoms with Gasteiger partial charge in [0.2, 0.25) is 0 Å². The Labute approximate surface area is 111 Å². The van der Waals surface area contributed by atoms with E-state index in [0.29, 0.717) is 0 Å². The normalized spacial score (nSPS) is 19.0. The predicted octanol–water partition coefficient (Wildman–Crippen LogP) is 3.23. The molecule has 1 aliphatic carbocycles. The second-order valence-corrected chi connectivity index (χ2v) is 5.89. The van der Waals surface area contributed by atoms with Crippen LogP contribution in [0.4, 0.5) is 5.82 Å². The van der Waals surface area contributed by atoms with E-state index in [9.17, 15) is 0 Å². The van der Waals surface area contributed by atoms with E-state index >= 15 is 0 Å². The van der Waals surface area contributed by atoms with Gasteiger partial charge in [0.05, 0.1) is 5.69 Å². The molecule has 3 nitrogen and oxygen atoms in total. The molecule has 0 bridgehead atoms. The number of nitrogens with zero attached hydrogens (tertiary/aromatic N) is 1. The molecule has 17 heavy (non-hydrogen) atoms. The quantitative estimate of drug-likeness (QED) is 0.901. The highest BCUT2D eigenvalue weighted by molar-refractivity contribution is 9.10. The van der Waals surface area contributed by atoms with Crippen molar-refractivity contribution in [2.24, 2.45) is 5.73 Å². The highest BCUT2D eigenvalue weighted by atomic mass is 79.9. The van der Waals surface area contributed by atoms with E-state index in [1.54, 1.807) is 0 Å². The van der Waals surface area contributed by atoms with Crippen LogP contribution in [0, 0.1) is 6.92 Å². The summed E-state index contributed by atoms with van der Waals surface area (Å²) in [5, 5.41) is 3.37. The molecule has 1 heterocycles. The number of aromatic nitrogens is 1. The Morgan fingerprint density at radius 1 is 1.35 bits per heavy atom. The van der Waals surface area contributed by atoms with E-state index in [0.717, 1.165) is 35.4 Å². The lowest BCUT2D eigenvalue weighted by Crippen LogP contribution is -2.47. The van der Waals surface area contributed by atoms with Crippen LogP contribution in [-0.4, -0.2) is 17.1 Å². The van der Waals surface area contributed by atoms with Crippen LogP contribution in [0.15, 0.2) is 16.6 Å². The fourth-order valence-electron chi connectivity index (χ4n) is 2.34. The van der Waals surface area contributed by atoms with Gasteiger partial charge in [0.25, 0.3) is 0 Å². The summed E-state index contributed by atoms with van der Waals surface area (Å²) >= 11 is 3.45. The van der Waals surface area contributed by atoms with Gasteiger partial charge in [-0.2, -0.15) is 0 Å². The number of hydrogen-bond donors (Lipinski definition) is 2. The minimum atomic E-state index is -0.0408. The van der Waals surface area contributed by atoms with Crippen LogP contribution in [0.2, 0.25) is 0 Å². The molecule has 0 atom stereocenters. The molecule has 3 N–H and O–H groups in total. The van der Waals surface area contributed by atoms with Crippen molar-refractivity contribution in [3.8, 4) is 0 Å². The van der Waals surface area contributed by atoms with E-state index in [4.69, 9.17) is 5.73 Å². The molecule has 0 radical (unpaired) electrons. The Kier molecular flexibility index (Phi) is 4.05. The van der Waals surface area contributed by atoms with Crippen molar-refractivity contribution >= 4 is 21.7 Å². The molecule has 2 rings (SSSR count). The van der Waals surface area contributed by atoms with Gasteiger partial charge in [-0.3, -0.25) is 0 Å². The SMILES string of the molecule is Cc1nc(NCC2(N)CCCCC2)ccc1Br. The highest BCUT2D eigenvalue weighted by Crippen LogP contribution is 2.26. The minimum absolute atomic E-state index is 0.0408. The van der Waals surface area contributed by atoms with E-state index in [1.165, 1.54) is 19.3 Å². The van der Waals surface area contributed by atoms with Crippen LogP contribution in [0.3, 0.4) is 0 Å². The van der Waals surface area contributed by atoms with Gasteiger partial charge in [0.1, 0.15) is 5.82 Å².